The van der Waals surface area contributed by atoms with Crippen LogP contribution < -0.4 is 75.7 Å². The number of nitrogens with two attached hydrogens (primary N) is 3. The van der Waals surface area contributed by atoms with Crippen LogP contribution in [0.1, 0.15) is 147 Å². The molecule has 3 saturated heterocycles. The molecule has 3 aromatic heterocycles. The molecule has 42 nitrogen and oxygen atoms in total. The van der Waals surface area contributed by atoms with Crippen LogP contribution in [0.3, 0.4) is 0 Å². The number of primary amides is 2. The minimum Gasteiger partial charge on any atom is -0.508 e. The van der Waals surface area contributed by atoms with E-state index in [0.29, 0.717) is 59.0 Å². The summed E-state index contributed by atoms with van der Waals surface area (Å²) in [6.07, 6.45) is 4.56. The number of likely N-dealkylation sites (N-methyl/N-ethyl adjacent to an activating group) is 3. The Morgan fingerprint density at radius 2 is 1.10 bits per heavy atom. The normalized spacial score (nSPS) is 24.2. The van der Waals surface area contributed by atoms with Crippen LogP contribution >= 0.6 is 23.1 Å². The number of guanidine groups is 1. The van der Waals surface area contributed by atoms with Gasteiger partial charge in [0.1, 0.15) is 90.3 Å². The van der Waals surface area contributed by atoms with Crippen molar-refractivity contribution in [1.29, 1.82) is 5.41 Å². The van der Waals surface area contributed by atoms with Crippen molar-refractivity contribution in [2.45, 2.75) is 235 Å². The Morgan fingerprint density at radius 3 is 1.73 bits per heavy atom. The van der Waals surface area contributed by atoms with Crippen molar-refractivity contribution in [3.63, 3.8) is 0 Å². The summed E-state index contributed by atoms with van der Waals surface area (Å²) in [7, 11) is 3.99. The predicted octanol–water partition coefficient (Wildman–Crippen LogP) is -1.17. The number of aromatic hydroxyl groups is 1. The Labute approximate surface area is 789 Å². The van der Waals surface area contributed by atoms with E-state index in [-0.39, 0.29) is 115 Å². The second-order valence-corrected chi connectivity index (χ2v) is 36.6. The van der Waals surface area contributed by atoms with Gasteiger partial charge in [0, 0.05) is 106 Å². The number of benzene rings is 3. The van der Waals surface area contributed by atoms with Crippen molar-refractivity contribution in [3.8, 4) is 5.75 Å². The van der Waals surface area contributed by atoms with Gasteiger partial charge in [0.2, 0.25) is 100 Å². The van der Waals surface area contributed by atoms with Crippen molar-refractivity contribution in [2.75, 3.05) is 65.4 Å². The first-order chi connectivity index (χ1) is 64.4. The van der Waals surface area contributed by atoms with Crippen LogP contribution in [0, 0.1) is 11.3 Å². The minimum atomic E-state index is -1.85. The number of imidazole rings is 1. The fourth-order valence-electron chi connectivity index (χ4n) is 16.7. The van der Waals surface area contributed by atoms with E-state index in [4.69, 9.17) is 22.6 Å². The molecule has 14 atom stereocenters. The molecule has 3 aliphatic rings. The second-order valence-electron chi connectivity index (χ2n) is 34.7. The summed E-state index contributed by atoms with van der Waals surface area (Å²) in [4.78, 5) is 267. The van der Waals surface area contributed by atoms with Crippen LogP contribution in [0.25, 0.3) is 21.0 Å². The first kappa shape index (κ1) is 105. The molecule has 3 aromatic carbocycles. The van der Waals surface area contributed by atoms with Crippen LogP contribution in [0.15, 0.2) is 96.9 Å². The van der Waals surface area contributed by atoms with Gasteiger partial charge in [0.05, 0.1) is 31.7 Å². The van der Waals surface area contributed by atoms with Crippen LogP contribution in [-0.4, -0.2) is 306 Å². The third-order valence-electron chi connectivity index (χ3n) is 24.2. The number of hydrogen-bond acceptors (Lipinski definition) is 23. The lowest BCUT2D eigenvalue weighted by Crippen LogP contribution is -2.62. The third-order valence-corrected chi connectivity index (χ3v) is 26.2. The van der Waals surface area contributed by atoms with Gasteiger partial charge in [-0.25, -0.2) is 4.98 Å². The summed E-state index contributed by atoms with van der Waals surface area (Å²) < 4.78 is 0.822. The van der Waals surface area contributed by atoms with Gasteiger partial charge in [-0.05, 0) is 122 Å². The lowest BCUT2D eigenvalue weighted by molar-refractivity contribution is -0.149. The molecule has 0 spiro atoms. The van der Waals surface area contributed by atoms with Gasteiger partial charge >= 0.3 is 0 Å². The molecule has 3 aliphatic heterocycles. The molecule has 3 fully saturated rings. The molecule has 0 bridgehead atoms. The number of aromatic nitrogens is 3. The Bertz CT molecular complexity index is 5210. The number of aliphatic hydroxyl groups excluding tert-OH is 1. The molecule has 135 heavy (non-hydrogen) atoms. The lowest BCUT2D eigenvalue weighted by atomic mass is 10.00. The van der Waals surface area contributed by atoms with Crippen LogP contribution in [-0.2, 0) is 107 Å². The molecule has 0 unspecified atom stereocenters. The highest BCUT2D eigenvalue weighted by Gasteiger charge is 2.46. The van der Waals surface area contributed by atoms with Gasteiger partial charge in [-0.2, -0.15) is 0 Å². The van der Waals surface area contributed by atoms with E-state index in [9.17, 15) is 53.4 Å². The van der Waals surface area contributed by atoms with E-state index in [1.54, 1.807) is 55.8 Å². The Morgan fingerprint density at radius 1 is 0.548 bits per heavy atom. The maximum Gasteiger partial charge on any atom is 0.246 e. The van der Waals surface area contributed by atoms with Crippen molar-refractivity contribution >= 4 is 150 Å². The molecule has 0 saturated carbocycles. The Balaban J connectivity index is 1.10. The molecular weight excluding hydrogens is 1780 g/mol. The summed E-state index contributed by atoms with van der Waals surface area (Å²) >= 11 is 2.14. The summed E-state index contributed by atoms with van der Waals surface area (Å²) in [5.41, 5.74) is 19.4. The number of hydrogen-bond donors (Lipinski definition) is 19. The quantitative estimate of drug-likeness (QED) is 0.0173. The molecule has 0 aliphatic carbocycles. The number of thioether (sulfide) groups is 1. The average Bonchev–Trinajstić information content (AvgIpc) is 1.72. The summed E-state index contributed by atoms with van der Waals surface area (Å²) in [5, 5.41) is 61.8. The molecule has 6 aromatic rings. The van der Waals surface area contributed by atoms with E-state index in [1.807, 2.05) is 32.0 Å². The van der Waals surface area contributed by atoms with Gasteiger partial charge in [0.15, 0.2) is 5.96 Å². The van der Waals surface area contributed by atoms with Gasteiger partial charge in [-0.15, -0.1) is 23.1 Å². The zero-order chi connectivity index (χ0) is 98.4. The number of aliphatic hydroxyl groups is 1. The molecule has 17 amide bonds. The van der Waals surface area contributed by atoms with E-state index in [0.717, 1.165) is 36.5 Å². The highest BCUT2D eigenvalue weighted by molar-refractivity contribution is 8.00. The number of carbonyl (C=O) groups is 17. The fraction of sp³-hybridized carbons (Fsp3) is 0.527. The number of aromatic amines is 2. The second kappa shape index (κ2) is 50.7. The number of nitrogens with one attached hydrogen (secondary N) is 14. The minimum absolute atomic E-state index is 0.00273. The lowest BCUT2D eigenvalue weighted by Gasteiger charge is -2.36. The summed E-state index contributed by atoms with van der Waals surface area (Å²) in [6, 6.07) is -1.09. The average molecular weight is 1910 g/mol. The van der Waals surface area contributed by atoms with Gasteiger partial charge in [-0.1, -0.05) is 102 Å². The fourth-order valence-corrected chi connectivity index (χ4v) is 18.5. The number of unbranched alkanes of at least 4 members (excludes halogenated alkanes) is 2. The molecular formula is C91H127N23O19S2. The first-order valence-electron chi connectivity index (χ1n) is 45.4. The number of rotatable bonds is 26. The number of H-pyrrole nitrogens is 2. The topological polar surface area (TPSA) is 626 Å². The van der Waals surface area contributed by atoms with Gasteiger partial charge < -0.3 is 120 Å². The SMILES string of the molecule is CCCC[C@H]1C(=O)N(C)[C@@H](CCCC)C(=O)N[C@@H](CCCNC(=N)N)C(=O)N[C@H](C(=O)NCC(N)=O)CSCC(=O)N[C@@H](Cc2ccc(O)cc2)C(=O)N(C)[C@@H](C)C(=O)N[C@H](Cc2cnc[nH]2)C(=O)N2CCC[C@H]2C(=O)N[C@@H](CC(N)=O)C(=O)N[C@@H](CC(C)C)C(=O)N2CCC[C@H]2C(=O)N[C@@H](Cc2c[nH]c3ccccc23)C(=O)N[C@@H](CO)C(=O)N[C@@H](Cc2csc3ccccc23)C(=O)N1C. The Hall–Kier alpha value is -13.3. The largest absolute Gasteiger partial charge is 0.508 e. The standard InChI is InChI=1S/C91H127N23O19S2/c1-9-11-24-69-83(126)102-60(23-17-33-97-91(94)95)79(122)109-68(78(121)99-44-75(93)118)47-134-48-76(119)101-64(37-52-29-31-56(116)32-30-52)86(129)110(6)51(5)77(120)105-66(40-55-43-96-49-100-55)89(132)114-35-19-27-71(114)85(128)104-62(41-74(92)117)81(124)106-63(36-50(3)4)88(131)113-34-18-26-70(113)84(127)103-61(38-53-42-98-59-22-15-13-20-57(53)59)80(123)108-67(45-115)82(125)107-65(39-54-46-135-73-28-16-14-21-58(54)73)87(130)112(8)72(25-12-10-2)90(133)111(69)7/h13-16,20-22,28-32,42-43,46,49-51,60-72,98,115-116H,9-12,17-19,23-27,33-41,44-45,47-48H2,1-8H3,(H2,92,117)(H2,93,118)(H,96,100)(H,99,121)(H,101,119)(H,102,126)(H,103,127)(H,104,128)(H,105,120)(H,106,124)(H,107,125)(H,108,123)(H,109,122)(H4,94,95,97)/t51-,60-,61-,62-,63-,64-,65-,66+,67-,68-,69-,70-,71-,72-/m0/s1. The first-order valence-corrected chi connectivity index (χ1v) is 47.4. The maximum absolute atomic E-state index is 15.8. The summed E-state index contributed by atoms with van der Waals surface area (Å²) in [6.45, 7) is 6.68. The highest BCUT2D eigenvalue weighted by atomic mass is 32.2. The molecule has 44 heteroatoms. The van der Waals surface area contributed by atoms with Gasteiger partial charge in [0.25, 0.3) is 0 Å². The number of para-hydroxylation sites is 1. The molecule has 6 heterocycles. The van der Waals surface area contributed by atoms with Crippen molar-refractivity contribution in [2.24, 2.45) is 23.1 Å². The molecule has 22 N–H and O–H groups in total. The number of carbonyl (C=O) groups excluding carboxylic acids is 17. The van der Waals surface area contributed by atoms with E-state index in [2.05, 4.69) is 73.4 Å². The number of phenolic OH excluding ortho intramolecular Hbond substituents is 1. The van der Waals surface area contributed by atoms with E-state index >= 15 is 38.4 Å². The zero-order valence-electron chi connectivity index (χ0n) is 77.1. The van der Waals surface area contributed by atoms with Gasteiger partial charge in [-0.3, -0.25) is 86.9 Å². The van der Waals surface area contributed by atoms with Crippen molar-refractivity contribution < 1.29 is 91.7 Å². The van der Waals surface area contributed by atoms with Crippen LogP contribution in [0.5, 0.6) is 5.75 Å². The monoisotopic (exact) mass is 1910 g/mol. The molecule has 732 valence electrons. The molecule has 0 radical (unpaired) electrons. The number of fused-ring (bicyclic) bond motifs is 4. The highest BCUT2D eigenvalue weighted by Crippen LogP contribution is 2.30. The number of nitrogens with zero attached hydrogens (tertiary/aromatic N) is 6. The van der Waals surface area contributed by atoms with E-state index < -0.39 is 222 Å². The van der Waals surface area contributed by atoms with Crippen molar-refractivity contribution in [3.05, 3.63) is 119 Å². The Kier molecular flexibility index (Phi) is 39.6. The number of thiophene rings is 1. The zero-order valence-corrected chi connectivity index (χ0v) is 78.8. The van der Waals surface area contributed by atoms with E-state index in [1.165, 1.54) is 86.0 Å². The summed E-state index contributed by atoms with van der Waals surface area (Å²) in [5.74, 6) is -17.2. The number of amides is 17. The van der Waals surface area contributed by atoms with Crippen molar-refractivity contribution in [1.82, 2.24) is 97.9 Å². The maximum atomic E-state index is 15.8. The van der Waals surface area contributed by atoms with Crippen LogP contribution in [0.4, 0.5) is 0 Å². The molecule has 9 rings (SSSR count). The van der Waals surface area contributed by atoms with Crippen LogP contribution in [0.2, 0.25) is 0 Å². The third kappa shape index (κ3) is 29.6. The number of phenols is 1. The predicted molar refractivity (Wildman–Crippen MR) is 502 cm³/mol. The smallest absolute Gasteiger partial charge is 0.246 e.